The second-order valence-electron chi connectivity index (χ2n) is 6.90. The van der Waals surface area contributed by atoms with Gasteiger partial charge >= 0.3 is 5.97 Å². The van der Waals surface area contributed by atoms with Gasteiger partial charge in [-0.05, 0) is 43.1 Å². The summed E-state index contributed by atoms with van der Waals surface area (Å²) in [5.41, 5.74) is 0.374. The maximum absolute atomic E-state index is 11.4. The van der Waals surface area contributed by atoms with E-state index in [0.717, 1.165) is 19.4 Å². The summed E-state index contributed by atoms with van der Waals surface area (Å²) in [6.45, 7) is 9.92. The van der Waals surface area contributed by atoms with Gasteiger partial charge in [-0.15, -0.1) is 0 Å². The molecule has 1 saturated carbocycles. The lowest BCUT2D eigenvalue weighted by Crippen LogP contribution is -2.46. The van der Waals surface area contributed by atoms with Gasteiger partial charge in [0, 0.05) is 6.04 Å². The normalized spacial score (nSPS) is 41.9. The highest BCUT2D eigenvalue weighted by Gasteiger charge is 2.46. The van der Waals surface area contributed by atoms with Gasteiger partial charge in [-0.1, -0.05) is 27.7 Å². The fraction of sp³-hybridized carbons (Fsp3) is 0.929. The number of carboxylic acids is 1. The fourth-order valence-corrected chi connectivity index (χ4v) is 4.04. The molecular weight excluding hydrogens is 214 g/mol. The van der Waals surface area contributed by atoms with E-state index < -0.39 is 5.97 Å². The van der Waals surface area contributed by atoms with Gasteiger partial charge in [-0.3, -0.25) is 9.69 Å². The van der Waals surface area contributed by atoms with Crippen LogP contribution in [0.3, 0.4) is 0 Å². The second-order valence-corrected chi connectivity index (χ2v) is 6.90. The Morgan fingerprint density at radius 2 is 1.88 bits per heavy atom. The lowest BCUT2D eigenvalue weighted by atomic mass is 9.91. The Labute approximate surface area is 104 Å². The Hall–Kier alpha value is -0.570. The Morgan fingerprint density at radius 1 is 1.24 bits per heavy atom. The van der Waals surface area contributed by atoms with E-state index in [1.807, 2.05) is 0 Å². The van der Waals surface area contributed by atoms with Crippen molar-refractivity contribution < 1.29 is 9.90 Å². The van der Waals surface area contributed by atoms with Crippen molar-refractivity contribution in [3.63, 3.8) is 0 Å². The minimum absolute atomic E-state index is 0.253. The first-order chi connectivity index (χ1) is 7.82. The average molecular weight is 239 g/mol. The Kier molecular flexibility index (Phi) is 3.23. The van der Waals surface area contributed by atoms with Crippen molar-refractivity contribution in [2.45, 2.75) is 59.0 Å². The molecule has 98 valence electrons. The molecule has 17 heavy (non-hydrogen) atoms. The molecule has 1 N–H and O–H groups in total. The van der Waals surface area contributed by atoms with Gasteiger partial charge in [0.05, 0.1) is 0 Å². The number of rotatable bonds is 2. The first-order valence-corrected chi connectivity index (χ1v) is 6.80. The summed E-state index contributed by atoms with van der Waals surface area (Å²) in [6, 6.07) is 0.215. The van der Waals surface area contributed by atoms with Gasteiger partial charge in [0.2, 0.25) is 0 Å². The third kappa shape index (κ3) is 2.35. The predicted molar refractivity (Wildman–Crippen MR) is 67.9 cm³/mol. The summed E-state index contributed by atoms with van der Waals surface area (Å²) in [5.74, 6) is 0.285. The molecule has 0 aromatic carbocycles. The molecule has 0 aromatic heterocycles. The number of nitrogens with zero attached hydrogens (tertiary/aromatic N) is 1. The lowest BCUT2D eigenvalue weighted by Gasteiger charge is -2.32. The molecule has 0 bridgehead atoms. The summed E-state index contributed by atoms with van der Waals surface area (Å²) in [4.78, 5) is 13.7. The van der Waals surface area contributed by atoms with Crippen molar-refractivity contribution in [1.29, 1.82) is 0 Å². The molecule has 0 radical (unpaired) electrons. The summed E-state index contributed by atoms with van der Waals surface area (Å²) in [6.07, 6.45) is 3.39. The fourth-order valence-electron chi connectivity index (χ4n) is 4.04. The Morgan fingerprint density at radius 3 is 2.35 bits per heavy atom. The number of carboxylic acid groups (broad SMARTS) is 1. The van der Waals surface area contributed by atoms with Gasteiger partial charge in [0.25, 0.3) is 0 Å². The van der Waals surface area contributed by atoms with Crippen molar-refractivity contribution in [1.82, 2.24) is 4.90 Å². The maximum atomic E-state index is 11.4. The van der Waals surface area contributed by atoms with Crippen LogP contribution in [-0.4, -0.2) is 34.6 Å². The van der Waals surface area contributed by atoms with Crippen LogP contribution < -0.4 is 0 Å². The molecule has 2 rings (SSSR count). The van der Waals surface area contributed by atoms with Crippen LogP contribution >= 0.6 is 0 Å². The minimum Gasteiger partial charge on any atom is -0.480 e. The SMILES string of the molecule is CC1CC(C)(C)CC1N1CCC(C)C1C(=O)O. The van der Waals surface area contributed by atoms with Crippen LogP contribution in [0.25, 0.3) is 0 Å². The van der Waals surface area contributed by atoms with Crippen LogP contribution in [0, 0.1) is 17.3 Å². The van der Waals surface area contributed by atoms with Crippen LogP contribution in [0.15, 0.2) is 0 Å². The second kappa shape index (κ2) is 4.27. The smallest absolute Gasteiger partial charge is 0.321 e. The summed E-state index contributed by atoms with van der Waals surface area (Å²) in [7, 11) is 0. The van der Waals surface area contributed by atoms with E-state index in [0.29, 0.717) is 23.3 Å². The molecule has 0 amide bonds. The van der Waals surface area contributed by atoms with Crippen LogP contribution in [0.4, 0.5) is 0 Å². The molecule has 2 aliphatic rings. The molecule has 3 heteroatoms. The molecule has 4 atom stereocenters. The van der Waals surface area contributed by atoms with Crippen LogP contribution in [0.1, 0.15) is 47.0 Å². The van der Waals surface area contributed by atoms with Crippen molar-refractivity contribution in [3.8, 4) is 0 Å². The molecule has 1 heterocycles. The predicted octanol–water partition coefficient (Wildman–Crippen LogP) is 2.61. The van der Waals surface area contributed by atoms with Crippen molar-refractivity contribution in [3.05, 3.63) is 0 Å². The summed E-state index contributed by atoms with van der Waals surface area (Å²) in [5, 5.41) is 9.39. The highest BCUT2D eigenvalue weighted by atomic mass is 16.4. The van der Waals surface area contributed by atoms with E-state index in [2.05, 4.69) is 32.6 Å². The highest BCUT2D eigenvalue weighted by Crippen LogP contribution is 2.45. The number of carbonyl (C=O) groups is 1. The van der Waals surface area contributed by atoms with E-state index in [1.54, 1.807) is 0 Å². The standard InChI is InChI=1S/C14H25NO2/c1-9-5-6-15(12(9)13(16)17)11-8-14(3,4)7-10(11)2/h9-12H,5-8H2,1-4H3,(H,16,17). The van der Waals surface area contributed by atoms with Gasteiger partial charge in [0.15, 0.2) is 0 Å². The first-order valence-electron chi connectivity index (χ1n) is 6.80. The number of likely N-dealkylation sites (tertiary alicyclic amines) is 1. The van der Waals surface area contributed by atoms with Gasteiger partial charge in [-0.25, -0.2) is 0 Å². The average Bonchev–Trinajstić information content (AvgIpc) is 2.66. The van der Waals surface area contributed by atoms with Crippen molar-refractivity contribution in [2.75, 3.05) is 6.54 Å². The van der Waals surface area contributed by atoms with Crippen LogP contribution in [-0.2, 0) is 4.79 Å². The molecule has 0 aromatic rings. The van der Waals surface area contributed by atoms with Gasteiger partial charge in [0.1, 0.15) is 6.04 Å². The first kappa shape index (κ1) is 12.9. The molecule has 3 nitrogen and oxygen atoms in total. The van der Waals surface area contributed by atoms with E-state index in [1.165, 1.54) is 6.42 Å². The van der Waals surface area contributed by atoms with E-state index >= 15 is 0 Å². The lowest BCUT2D eigenvalue weighted by molar-refractivity contribution is -0.144. The molecule has 1 aliphatic carbocycles. The zero-order valence-electron chi connectivity index (χ0n) is 11.4. The third-order valence-corrected chi connectivity index (χ3v) is 4.71. The largest absolute Gasteiger partial charge is 0.480 e. The molecule has 0 spiro atoms. The highest BCUT2D eigenvalue weighted by molar-refractivity contribution is 5.74. The number of aliphatic carboxylic acids is 1. The zero-order valence-corrected chi connectivity index (χ0v) is 11.4. The van der Waals surface area contributed by atoms with E-state index in [4.69, 9.17) is 0 Å². The number of hydrogen-bond acceptors (Lipinski definition) is 2. The van der Waals surface area contributed by atoms with Gasteiger partial charge < -0.3 is 5.11 Å². The monoisotopic (exact) mass is 239 g/mol. The number of hydrogen-bond donors (Lipinski definition) is 1. The minimum atomic E-state index is -0.632. The molecule has 4 unspecified atom stereocenters. The zero-order chi connectivity index (χ0) is 12.8. The topological polar surface area (TPSA) is 40.5 Å². The van der Waals surface area contributed by atoms with E-state index in [-0.39, 0.29) is 6.04 Å². The quantitative estimate of drug-likeness (QED) is 0.805. The third-order valence-electron chi connectivity index (χ3n) is 4.71. The van der Waals surface area contributed by atoms with Crippen molar-refractivity contribution >= 4 is 5.97 Å². The summed E-state index contributed by atoms with van der Waals surface area (Å²) >= 11 is 0. The maximum Gasteiger partial charge on any atom is 0.321 e. The van der Waals surface area contributed by atoms with Crippen LogP contribution in [0.5, 0.6) is 0 Å². The van der Waals surface area contributed by atoms with Crippen molar-refractivity contribution in [2.24, 2.45) is 17.3 Å². The van der Waals surface area contributed by atoms with Crippen LogP contribution in [0.2, 0.25) is 0 Å². The molecule has 2 fully saturated rings. The summed E-state index contributed by atoms with van der Waals surface area (Å²) < 4.78 is 0. The Balaban J connectivity index is 2.15. The molecular formula is C14H25NO2. The Bertz CT molecular complexity index is 313. The molecule has 1 saturated heterocycles. The molecule has 1 aliphatic heterocycles. The van der Waals surface area contributed by atoms with Gasteiger partial charge in [-0.2, -0.15) is 0 Å². The van der Waals surface area contributed by atoms with E-state index in [9.17, 15) is 9.90 Å².